The Morgan fingerprint density at radius 2 is 2.00 bits per heavy atom. The molecule has 1 rings (SSSR count). The molecular formula is C6H13NO5. The Morgan fingerprint density at radius 3 is 2.25 bits per heavy atom. The highest BCUT2D eigenvalue weighted by atomic mass is 16.7. The number of hydrogen-bond donors (Lipinski definition) is 5. The van der Waals surface area contributed by atoms with Crippen molar-refractivity contribution in [2.75, 3.05) is 13.2 Å². The van der Waals surface area contributed by atoms with Gasteiger partial charge in [0.1, 0.15) is 18.3 Å². The summed E-state index contributed by atoms with van der Waals surface area (Å²) < 4.78 is 4.75. The van der Waals surface area contributed by atoms with Crippen LogP contribution in [0.5, 0.6) is 0 Å². The van der Waals surface area contributed by atoms with E-state index < -0.39 is 30.7 Å². The molecule has 1 fully saturated rings. The minimum atomic E-state index is -1.94. The van der Waals surface area contributed by atoms with Gasteiger partial charge in [-0.05, 0) is 0 Å². The molecule has 0 unspecified atom stereocenters. The van der Waals surface area contributed by atoms with Crippen molar-refractivity contribution < 1.29 is 25.2 Å². The predicted molar refractivity (Wildman–Crippen MR) is 38.0 cm³/mol. The number of rotatable bonds is 2. The summed E-state index contributed by atoms with van der Waals surface area (Å²) in [6, 6.07) is 0. The zero-order valence-corrected chi connectivity index (χ0v) is 6.42. The van der Waals surface area contributed by atoms with Gasteiger partial charge in [-0.3, -0.25) is 0 Å². The topological polar surface area (TPSA) is 116 Å². The van der Waals surface area contributed by atoms with E-state index in [9.17, 15) is 15.3 Å². The first-order valence-electron chi connectivity index (χ1n) is 3.62. The SMILES string of the molecule is NC[C@@]1(O)O[C@H](CO)[C@@H](O)[C@@H]1O. The smallest absolute Gasteiger partial charge is 0.207 e. The first-order valence-corrected chi connectivity index (χ1v) is 3.62. The number of aliphatic hydroxyl groups excluding tert-OH is 3. The molecule has 0 aromatic carbocycles. The Morgan fingerprint density at radius 1 is 1.42 bits per heavy atom. The second-order valence-corrected chi connectivity index (χ2v) is 2.82. The Hall–Kier alpha value is -0.240. The van der Waals surface area contributed by atoms with Crippen molar-refractivity contribution in [2.45, 2.75) is 24.1 Å². The molecule has 0 aliphatic carbocycles. The normalized spacial score (nSPS) is 48.2. The Bertz CT molecular complexity index is 166. The van der Waals surface area contributed by atoms with E-state index >= 15 is 0 Å². The standard InChI is InChI=1S/C6H13NO5/c7-2-6(11)5(10)4(9)3(1-8)12-6/h3-5,8-11H,1-2,7H2/t3-,4-,5+,6-/m1/s1. The molecule has 4 atom stereocenters. The fourth-order valence-electron chi connectivity index (χ4n) is 1.19. The molecule has 6 N–H and O–H groups in total. The van der Waals surface area contributed by atoms with Gasteiger partial charge in [0, 0.05) is 6.54 Å². The summed E-state index contributed by atoms with van der Waals surface area (Å²) in [5.74, 6) is -1.94. The molecule has 12 heavy (non-hydrogen) atoms. The van der Waals surface area contributed by atoms with Gasteiger partial charge in [0.2, 0.25) is 5.79 Å². The fraction of sp³-hybridized carbons (Fsp3) is 1.00. The minimum Gasteiger partial charge on any atom is -0.394 e. The first kappa shape index (κ1) is 9.85. The molecule has 1 aliphatic rings. The van der Waals surface area contributed by atoms with Gasteiger partial charge in [0.25, 0.3) is 0 Å². The summed E-state index contributed by atoms with van der Waals surface area (Å²) in [5.41, 5.74) is 5.11. The Labute approximate surface area is 69.2 Å². The number of hydrogen-bond acceptors (Lipinski definition) is 6. The number of ether oxygens (including phenoxy) is 1. The van der Waals surface area contributed by atoms with E-state index in [1.165, 1.54) is 0 Å². The van der Waals surface area contributed by atoms with E-state index in [2.05, 4.69) is 0 Å². The van der Waals surface area contributed by atoms with E-state index in [1.807, 2.05) is 0 Å². The molecule has 0 radical (unpaired) electrons. The zero-order chi connectivity index (χ0) is 9.35. The fourth-order valence-corrected chi connectivity index (χ4v) is 1.19. The maximum atomic E-state index is 9.37. The highest BCUT2D eigenvalue weighted by Crippen LogP contribution is 2.27. The van der Waals surface area contributed by atoms with Crippen molar-refractivity contribution in [1.29, 1.82) is 0 Å². The van der Waals surface area contributed by atoms with Crippen LogP contribution < -0.4 is 5.73 Å². The average Bonchev–Trinajstić information content (AvgIpc) is 2.31. The van der Waals surface area contributed by atoms with Gasteiger partial charge in [-0.1, -0.05) is 0 Å². The van der Waals surface area contributed by atoms with Crippen LogP contribution in [0, 0.1) is 0 Å². The van der Waals surface area contributed by atoms with Crippen LogP contribution in [0.25, 0.3) is 0 Å². The molecule has 1 heterocycles. The summed E-state index contributed by atoms with van der Waals surface area (Å²) in [6.07, 6.45) is -3.75. The van der Waals surface area contributed by atoms with Gasteiger partial charge in [-0.2, -0.15) is 0 Å². The van der Waals surface area contributed by atoms with Crippen LogP contribution in [0.2, 0.25) is 0 Å². The molecule has 0 bridgehead atoms. The summed E-state index contributed by atoms with van der Waals surface area (Å²) in [4.78, 5) is 0. The van der Waals surface area contributed by atoms with Crippen molar-refractivity contribution in [2.24, 2.45) is 5.73 Å². The van der Waals surface area contributed by atoms with Crippen molar-refractivity contribution in [3.63, 3.8) is 0 Å². The molecule has 0 spiro atoms. The van der Waals surface area contributed by atoms with E-state index in [4.69, 9.17) is 15.6 Å². The van der Waals surface area contributed by atoms with E-state index in [0.29, 0.717) is 0 Å². The van der Waals surface area contributed by atoms with Crippen molar-refractivity contribution in [3.8, 4) is 0 Å². The van der Waals surface area contributed by atoms with Crippen molar-refractivity contribution in [1.82, 2.24) is 0 Å². The van der Waals surface area contributed by atoms with Gasteiger partial charge >= 0.3 is 0 Å². The highest BCUT2D eigenvalue weighted by molar-refractivity contribution is 4.95. The quantitative estimate of drug-likeness (QED) is 0.304. The van der Waals surface area contributed by atoms with Crippen molar-refractivity contribution in [3.05, 3.63) is 0 Å². The molecular weight excluding hydrogens is 166 g/mol. The van der Waals surface area contributed by atoms with Crippen LogP contribution >= 0.6 is 0 Å². The van der Waals surface area contributed by atoms with Crippen molar-refractivity contribution >= 4 is 0 Å². The summed E-state index contributed by atoms with van der Waals surface area (Å²) in [7, 11) is 0. The molecule has 6 nitrogen and oxygen atoms in total. The van der Waals surface area contributed by atoms with E-state index in [0.717, 1.165) is 0 Å². The Kier molecular flexibility index (Phi) is 2.67. The molecule has 1 saturated heterocycles. The molecule has 0 saturated carbocycles. The summed E-state index contributed by atoms with van der Waals surface area (Å²) >= 11 is 0. The van der Waals surface area contributed by atoms with Gasteiger partial charge < -0.3 is 30.9 Å². The molecule has 0 aromatic heterocycles. The van der Waals surface area contributed by atoms with E-state index in [1.54, 1.807) is 0 Å². The van der Waals surface area contributed by atoms with Gasteiger partial charge in [0.05, 0.1) is 6.61 Å². The maximum Gasteiger partial charge on any atom is 0.207 e. The summed E-state index contributed by atoms with van der Waals surface area (Å²) in [6.45, 7) is -0.803. The number of nitrogens with two attached hydrogens (primary N) is 1. The third-order valence-corrected chi connectivity index (χ3v) is 1.99. The van der Waals surface area contributed by atoms with Crippen LogP contribution in [-0.2, 0) is 4.74 Å². The van der Waals surface area contributed by atoms with Crippen LogP contribution in [0.1, 0.15) is 0 Å². The van der Waals surface area contributed by atoms with E-state index in [-0.39, 0.29) is 6.54 Å². The molecule has 6 heteroatoms. The predicted octanol–water partition coefficient (Wildman–Crippen LogP) is -3.25. The third-order valence-electron chi connectivity index (χ3n) is 1.99. The second-order valence-electron chi connectivity index (χ2n) is 2.82. The Balaban J connectivity index is 2.72. The van der Waals surface area contributed by atoms with Gasteiger partial charge in [-0.15, -0.1) is 0 Å². The second kappa shape index (κ2) is 3.25. The van der Waals surface area contributed by atoms with Gasteiger partial charge in [-0.25, -0.2) is 0 Å². The van der Waals surface area contributed by atoms with Gasteiger partial charge in [0.15, 0.2) is 0 Å². The average molecular weight is 179 g/mol. The molecule has 72 valence electrons. The first-order chi connectivity index (χ1) is 5.55. The largest absolute Gasteiger partial charge is 0.394 e. The van der Waals surface area contributed by atoms with Crippen LogP contribution in [0.3, 0.4) is 0 Å². The lowest BCUT2D eigenvalue weighted by molar-refractivity contribution is -0.222. The summed E-state index contributed by atoms with van der Waals surface area (Å²) in [5, 5.41) is 36.4. The minimum absolute atomic E-state index is 0.332. The molecule has 0 amide bonds. The molecule has 0 aromatic rings. The van der Waals surface area contributed by atoms with Crippen LogP contribution in [0.4, 0.5) is 0 Å². The zero-order valence-electron chi connectivity index (χ0n) is 6.42. The molecule has 1 aliphatic heterocycles. The maximum absolute atomic E-state index is 9.37. The lowest BCUT2D eigenvalue weighted by Gasteiger charge is -2.23. The van der Waals surface area contributed by atoms with Crippen LogP contribution in [-0.4, -0.2) is 57.7 Å². The number of aliphatic hydroxyl groups is 4. The lowest BCUT2D eigenvalue weighted by atomic mass is 10.1. The lowest BCUT2D eigenvalue weighted by Crippen LogP contribution is -2.48. The monoisotopic (exact) mass is 179 g/mol. The van der Waals surface area contributed by atoms with Crippen LogP contribution in [0.15, 0.2) is 0 Å². The highest BCUT2D eigenvalue weighted by Gasteiger charge is 2.52. The third kappa shape index (κ3) is 1.33.